The molecule has 2 heterocycles. The number of rotatable bonds is 3. The molecule has 0 aliphatic heterocycles. The SMILES string of the molecule is COCc1nc(-c2cncc(C#N)c2)cc(=O)[nH]1. The van der Waals surface area contributed by atoms with Crippen molar-refractivity contribution < 1.29 is 4.74 Å². The fourth-order valence-electron chi connectivity index (χ4n) is 1.50. The molecule has 2 rings (SSSR count). The summed E-state index contributed by atoms with van der Waals surface area (Å²) in [4.78, 5) is 22.2. The van der Waals surface area contributed by atoms with Crippen LogP contribution in [0.4, 0.5) is 0 Å². The molecule has 0 atom stereocenters. The van der Waals surface area contributed by atoms with Gasteiger partial charge in [-0.2, -0.15) is 5.26 Å². The Morgan fingerprint density at radius 2 is 2.28 bits per heavy atom. The van der Waals surface area contributed by atoms with Crippen LogP contribution in [-0.2, 0) is 11.3 Å². The van der Waals surface area contributed by atoms with Gasteiger partial charge in [-0.15, -0.1) is 0 Å². The molecular formula is C12H10N4O2. The molecule has 0 fully saturated rings. The summed E-state index contributed by atoms with van der Waals surface area (Å²) in [7, 11) is 1.52. The predicted octanol–water partition coefficient (Wildman–Crippen LogP) is 0.850. The van der Waals surface area contributed by atoms with Crippen molar-refractivity contribution in [3.8, 4) is 17.3 Å². The van der Waals surface area contributed by atoms with E-state index in [0.29, 0.717) is 22.6 Å². The highest BCUT2D eigenvalue weighted by Crippen LogP contribution is 2.15. The predicted molar refractivity (Wildman–Crippen MR) is 63.5 cm³/mol. The standard InChI is InChI=1S/C12H10N4O2/c1-18-7-11-15-10(3-12(17)16-11)9-2-8(4-13)5-14-6-9/h2-3,5-6H,7H2,1H3,(H,15,16,17). The van der Waals surface area contributed by atoms with Gasteiger partial charge in [-0.25, -0.2) is 4.98 Å². The second-order valence-corrected chi connectivity index (χ2v) is 3.58. The average Bonchev–Trinajstić information content (AvgIpc) is 2.38. The minimum atomic E-state index is -0.269. The van der Waals surface area contributed by atoms with Crippen LogP contribution in [0.2, 0.25) is 0 Å². The normalized spacial score (nSPS) is 10.0. The van der Waals surface area contributed by atoms with Gasteiger partial charge in [0.05, 0.1) is 11.3 Å². The van der Waals surface area contributed by atoms with Crippen LogP contribution in [-0.4, -0.2) is 22.1 Å². The van der Waals surface area contributed by atoms with Gasteiger partial charge < -0.3 is 9.72 Å². The first-order valence-corrected chi connectivity index (χ1v) is 5.17. The van der Waals surface area contributed by atoms with Crippen molar-refractivity contribution in [1.29, 1.82) is 5.26 Å². The van der Waals surface area contributed by atoms with Gasteiger partial charge in [0.25, 0.3) is 5.56 Å². The first kappa shape index (κ1) is 12.0. The van der Waals surface area contributed by atoms with Crippen molar-refractivity contribution in [2.24, 2.45) is 0 Å². The summed E-state index contributed by atoms with van der Waals surface area (Å²) < 4.78 is 4.92. The highest BCUT2D eigenvalue weighted by Gasteiger charge is 2.05. The number of methoxy groups -OCH3 is 1. The number of hydrogen-bond donors (Lipinski definition) is 1. The fraction of sp³-hybridized carbons (Fsp3) is 0.167. The Labute approximate surface area is 103 Å². The van der Waals surface area contributed by atoms with Gasteiger partial charge in [0.2, 0.25) is 0 Å². The zero-order chi connectivity index (χ0) is 13.0. The third-order valence-electron chi connectivity index (χ3n) is 2.23. The van der Waals surface area contributed by atoms with Gasteiger partial charge in [0, 0.05) is 31.1 Å². The van der Waals surface area contributed by atoms with E-state index in [9.17, 15) is 4.79 Å². The molecule has 0 aliphatic carbocycles. The number of pyridine rings is 1. The smallest absolute Gasteiger partial charge is 0.251 e. The Hall–Kier alpha value is -2.52. The van der Waals surface area contributed by atoms with Crippen LogP contribution in [0.3, 0.4) is 0 Å². The van der Waals surface area contributed by atoms with Gasteiger partial charge in [0.1, 0.15) is 18.5 Å². The number of H-pyrrole nitrogens is 1. The number of aromatic amines is 1. The van der Waals surface area contributed by atoms with Gasteiger partial charge in [0.15, 0.2) is 0 Å². The molecule has 0 radical (unpaired) electrons. The Morgan fingerprint density at radius 1 is 1.44 bits per heavy atom. The largest absolute Gasteiger partial charge is 0.377 e. The summed E-state index contributed by atoms with van der Waals surface area (Å²) in [6.45, 7) is 0.217. The summed E-state index contributed by atoms with van der Waals surface area (Å²) >= 11 is 0. The third kappa shape index (κ3) is 2.59. The number of hydrogen-bond acceptors (Lipinski definition) is 5. The van der Waals surface area contributed by atoms with Crippen LogP contribution in [0, 0.1) is 11.3 Å². The molecule has 1 N–H and O–H groups in total. The molecule has 0 unspecified atom stereocenters. The quantitative estimate of drug-likeness (QED) is 0.861. The van der Waals surface area contributed by atoms with Crippen molar-refractivity contribution in [1.82, 2.24) is 15.0 Å². The molecule has 0 amide bonds. The van der Waals surface area contributed by atoms with E-state index in [4.69, 9.17) is 10.00 Å². The molecule has 0 saturated carbocycles. The van der Waals surface area contributed by atoms with E-state index in [2.05, 4.69) is 15.0 Å². The number of nitrogens with one attached hydrogen (secondary N) is 1. The van der Waals surface area contributed by atoms with Crippen molar-refractivity contribution in [3.05, 3.63) is 46.3 Å². The summed E-state index contributed by atoms with van der Waals surface area (Å²) in [5.74, 6) is 0.433. The zero-order valence-corrected chi connectivity index (χ0v) is 9.67. The number of nitriles is 1. The van der Waals surface area contributed by atoms with Gasteiger partial charge in [-0.3, -0.25) is 9.78 Å². The summed E-state index contributed by atoms with van der Waals surface area (Å²) in [5.41, 5.74) is 1.24. The average molecular weight is 242 g/mol. The monoisotopic (exact) mass is 242 g/mol. The lowest BCUT2D eigenvalue weighted by Gasteiger charge is -2.03. The van der Waals surface area contributed by atoms with E-state index in [1.165, 1.54) is 19.4 Å². The molecule has 2 aromatic heterocycles. The second-order valence-electron chi connectivity index (χ2n) is 3.58. The maximum absolute atomic E-state index is 11.5. The number of aromatic nitrogens is 3. The molecule has 0 bridgehead atoms. The maximum atomic E-state index is 11.5. The van der Waals surface area contributed by atoms with Crippen molar-refractivity contribution in [2.45, 2.75) is 6.61 Å². The molecule has 0 saturated heterocycles. The minimum Gasteiger partial charge on any atom is -0.377 e. The van der Waals surface area contributed by atoms with E-state index in [0.717, 1.165) is 0 Å². The topological polar surface area (TPSA) is 91.7 Å². The molecular weight excluding hydrogens is 232 g/mol. The van der Waals surface area contributed by atoms with E-state index in [-0.39, 0.29) is 12.2 Å². The maximum Gasteiger partial charge on any atom is 0.251 e. The Morgan fingerprint density at radius 3 is 3.00 bits per heavy atom. The van der Waals surface area contributed by atoms with Gasteiger partial charge >= 0.3 is 0 Å². The van der Waals surface area contributed by atoms with Crippen LogP contribution >= 0.6 is 0 Å². The summed E-state index contributed by atoms with van der Waals surface area (Å²) in [6.07, 6.45) is 3.01. The van der Waals surface area contributed by atoms with Crippen LogP contribution in [0.25, 0.3) is 11.3 Å². The summed E-state index contributed by atoms with van der Waals surface area (Å²) in [6, 6.07) is 4.98. The first-order chi connectivity index (χ1) is 8.72. The number of ether oxygens (including phenoxy) is 1. The highest BCUT2D eigenvalue weighted by atomic mass is 16.5. The second kappa shape index (κ2) is 5.21. The Bertz CT molecular complexity index is 658. The van der Waals surface area contributed by atoms with E-state index >= 15 is 0 Å². The van der Waals surface area contributed by atoms with Gasteiger partial charge in [-0.05, 0) is 6.07 Å². The van der Waals surface area contributed by atoms with Crippen LogP contribution < -0.4 is 5.56 Å². The van der Waals surface area contributed by atoms with E-state index in [1.54, 1.807) is 12.3 Å². The van der Waals surface area contributed by atoms with Crippen LogP contribution in [0.1, 0.15) is 11.4 Å². The molecule has 0 spiro atoms. The van der Waals surface area contributed by atoms with E-state index in [1.807, 2.05) is 6.07 Å². The van der Waals surface area contributed by atoms with Crippen LogP contribution in [0.5, 0.6) is 0 Å². The fourth-order valence-corrected chi connectivity index (χ4v) is 1.50. The molecule has 6 heteroatoms. The van der Waals surface area contributed by atoms with Crippen molar-refractivity contribution >= 4 is 0 Å². The molecule has 2 aromatic rings. The lowest BCUT2D eigenvalue weighted by Crippen LogP contribution is -2.11. The molecule has 18 heavy (non-hydrogen) atoms. The molecule has 0 aliphatic rings. The molecule has 0 aromatic carbocycles. The Balaban J connectivity index is 2.50. The lowest BCUT2D eigenvalue weighted by molar-refractivity contribution is 0.177. The van der Waals surface area contributed by atoms with Crippen molar-refractivity contribution in [3.63, 3.8) is 0 Å². The molecule has 90 valence electrons. The highest BCUT2D eigenvalue weighted by molar-refractivity contribution is 5.59. The zero-order valence-electron chi connectivity index (χ0n) is 9.67. The Kier molecular flexibility index (Phi) is 3.46. The van der Waals surface area contributed by atoms with Gasteiger partial charge in [-0.1, -0.05) is 0 Å². The number of nitrogens with zero attached hydrogens (tertiary/aromatic N) is 3. The van der Waals surface area contributed by atoms with Crippen molar-refractivity contribution in [2.75, 3.05) is 7.11 Å². The minimum absolute atomic E-state index is 0.217. The van der Waals surface area contributed by atoms with E-state index < -0.39 is 0 Å². The van der Waals surface area contributed by atoms with Crippen LogP contribution in [0.15, 0.2) is 29.3 Å². The first-order valence-electron chi connectivity index (χ1n) is 5.17. The molecule has 6 nitrogen and oxygen atoms in total. The third-order valence-corrected chi connectivity index (χ3v) is 2.23. The summed E-state index contributed by atoms with van der Waals surface area (Å²) in [5, 5.41) is 8.80. The lowest BCUT2D eigenvalue weighted by atomic mass is 10.1.